The normalized spacial score (nSPS) is 25.5. The topological polar surface area (TPSA) is 76.1 Å². The van der Waals surface area contributed by atoms with Crippen molar-refractivity contribution in [1.82, 2.24) is 9.80 Å². The summed E-state index contributed by atoms with van der Waals surface area (Å²) in [5.41, 5.74) is -0.584. The zero-order valence-electron chi connectivity index (χ0n) is 13.6. The second kappa shape index (κ2) is 6.14. The van der Waals surface area contributed by atoms with Crippen LogP contribution in [0, 0.1) is 5.92 Å². The maximum atomic E-state index is 12.3. The van der Waals surface area contributed by atoms with Crippen molar-refractivity contribution in [1.29, 1.82) is 0 Å². The van der Waals surface area contributed by atoms with E-state index in [1.165, 1.54) is 12.0 Å². The van der Waals surface area contributed by atoms with Crippen molar-refractivity contribution < 1.29 is 23.9 Å². The van der Waals surface area contributed by atoms with Crippen molar-refractivity contribution in [3.63, 3.8) is 0 Å². The van der Waals surface area contributed by atoms with E-state index in [1.807, 2.05) is 0 Å². The Balaban J connectivity index is 2.00. The molecule has 0 radical (unpaired) electrons. The molecule has 7 nitrogen and oxygen atoms in total. The van der Waals surface area contributed by atoms with Crippen molar-refractivity contribution in [2.75, 3.05) is 26.7 Å². The molecule has 7 heteroatoms. The van der Waals surface area contributed by atoms with Gasteiger partial charge in [-0.15, -0.1) is 0 Å². The van der Waals surface area contributed by atoms with Crippen molar-refractivity contribution in [3.8, 4) is 0 Å². The number of nitrogens with zero attached hydrogens (tertiary/aromatic N) is 2. The summed E-state index contributed by atoms with van der Waals surface area (Å²) in [4.78, 5) is 39.2. The molecule has 0 bridgehead atoms. The highest BCUT2D eigenvalue weighted by atomic mass is 16.6. The Kier molecular flexibility index (Phi) is 4.63. The third-order valence-corrected chi connectivity index (χ3v) is 3.97. The number of hydrogen-bond acceptors (Lipinski definition) is 5. The van der Waals surface area contributed by atoms with E-state index in [9.17, 15) is 14.4 Å². The highest BCUT2D eigenvalue weighted by Crippen LogP contribution is 2.27. The number of carbonyl (C=O) groups is 3. The van der Waals surface area contributed by atoms with Crippen molar-refractivity contribution in [3.05, 3.63) is 0 Å². The first kappa shape index (κ1) is 16.6. The van der Waals surface area contributed by atoms with Crippen LogP contribution in [0.2, 0.25) is 0 Å². The van der Waals surface area contributed by atoms with Gasteiger partial charge in [0.1, 0.15) is 12.1 Å². The van der Waals surface area contributed by atoms with Gasteiger partial charge in [0.15, 0.2) is 0 Å². The number of amides is 2. The molecule has 0 unspecified atom stereocenters. The predicted molar refractivity (Wildman–Crippen MR) is 78.0 cm³/mol. The Hall–Kier alpha value is -1.79. The summed E-state index contributed by atoms with van der Waals surface area (Å²) in [6.45, 7) is 6.21. The molecule has 0 aromatic carbocycles. The number of rotatable bonds is 1. The van der Waals surface area contributed by atoms with Crippen LogP contribution in [-0.4, -0.2) is 66.2 Å². The molecule has 2 aliphatic rings. The van der Waals surface area contributed by atoms with E-state index in [2.05, 4.69) is 0 Å². The Morgan fingerprint density at radius 1 is 1.18 bits per heavy atom. The third kappa shape index (κ3) is 3.69. The molecule has 22 heavy (non-hydrogen) atoms. The van der Waals surface area contributed by atoms with E-state index in [0.717, 1.165) is 0 Å². The van der Waals surface area contributed by atoms with E-state index >= 15 is 0 Å². The van der Waals surface area contributed by atoms with Gasteiger partial charge in [-0.3, -0.25) is 14.5 Å². The molecule has 0 aliphatic carbocycles. The number of methoxy groups -OCH3 is 1. The third-order valence-electron chi connectivity index (χ3n) is 3.97. The van der Waals surface area contributed by atoms with E-state index in [1.54, 1.807) is 25.7 Å². The molecular formula is C15H24N2O5. The fraction of sp³-hybridized carbons (Fsp3) is 0.800. The molecule has 0 N–H and O–H groups in total. The van der Waals surface area contributed by atoms with Gasteiger partial charge in [0.25, 0.3) is 0 Å². The van der Waals surface area contributed by atoms with Crippen LogP contribution in [0.15, 0.2) is 0 Å². The minimum atomic E-state index is -0.584. The average molecular weight is 312 g/mol. The van der Waals surface area contributed by atoms with E-state index < -0.39 is 11.7 Å². The Morgan fingerprint density at radius 2 is 1.86 bits per heavy atom. The first-order valence-corrected chi connectivity index (χ1v) is 7.56. The molecule has 2 amide bonds. The monoisotopic (exact) mass is 312 g/mol. The Labute approximate surface area is 130 Å². The lowest BCUT2D eigenvalue weighted by Gasteiger charge is -2.45. The zero-order chi connectivity index (χ0) is 16.5. The number of carbonyl (C=O) groups excluding carboxylic acids is 3. The van der Waals surface area contributed by atoms with Crippen LogP contribution < -0.4 is 0 Å². The molecule has 2 atom stereocenters. The minimum Gasteiger partial charge on any atom is -0.469 e. The van der Waals surface area contributed by atoms with Crippen molar-refractivity contribution in [2.45, 2.75) is 45.3 Å². The summed E-state index contributed by atoms with van der Waals surface area (Å²) < 4.78 is 10.1. The van der Waals surface area contributed by atoms with Crippen molar-refractivity contribution >= 4 is 18.0 Å². The van der Waals surface area contributed by atoms with Gasteiger partial charge in [-0.25, -0.2) is 4.79 Å². The predicted octanol–water partition coefficient (Wildman–Crippen LogP) is 1.02. The van der Waals surface area contributed by atoms with Crippen LogP contribution in [0.1, 0.15) is 33.6 Å². The van der Waals surface area contributed by atoms with Gasteiger partial charge < -0.3 is 14.4 Å². The summed E-state index contributed by atoms with van der Waals surface area (Å²) in [6.07, 6.45) is 0.893. The molecule has 0 aromatic rings. The zero-order valence-corrected chi connectivity index (χ0v) is 13.6. The number of piperidine rings is 1. The number of piperazine rings is 1. The lowest BCUT2D eigenvalue weighted by molar-refractivity contribution is -0.153. The number of ether oxygens (including phenoxy) is 2. The van der Waals surface area contributed by atoms with E-state index in [0.29, 0.717) is 25.9 Å². The largest absolute Gasteiger partial charge is 0.469 e. The van der Waals surface area contributed by atoms with Gasteiger partial charge in [-0.1, -0.05) is 0 Å². The smallest absolute Gasteiger partial charge is 0.410 e. The second-order valence-corrected chi connectivity index (χ2v) is 6.86. The molecule has 2 fully saturated rings. The van der Waals surface area contributed by atoms with Gasteiger partial charge >= 0.3 is 12.1 Å². The number of esters is 1. The molecule has 124 valence electrons. The van der Waals surface area contributed by atoms with Gasteiger partial charge in [0.2, 0.25) is 5.91 Å². The summed E-state index contributed by atoms with van der Waals surface area (Å²) in [7, 11) is 1.36. The fourth-order valence-electron chi connectivity index (χ4n) is 2.92. The standard InChI is InChI=1S/C15H24N2O5/c1-15(2,3)22-14(20)16-8-11-6-5-10(13(19)21-4)7-17(11)12(18)9-16/h10-11H,5-9H2,1-4H3/t10-,11+/m1/s1. The number of hydrogen-bond donors (Lipinski definition) is 0. The molecule has 2 aliphatic heterocycles. The van der Waals surface area contributed by atoms with Crippen LogP contribution >= 0.6 is 0 Å². The lowest BCUT2D eigenvalue weighted by Crippen LogP contribution is -2.61. The Bertz CT molecular complexity index is 471. The fourth-order valence-corrected chi connectivity index (χ4v) is 2.92. The van der Waals surface area contributed by atoms with Crippen LogP contribution in [0.3, 0.4) is 0 Å². The van der Waals surface area contributed by atoms with Crippen LogP contribution in [-0.2, 0) is 19.1 Å². The van der Waals surface area contributed by atoms with E-state index in [-0.39, 0.29) is 30.4 Å². The maximum absolute atomic E-state index is 12.3. The molecule has 2 saturated heterocycles. The summed E-state index contributed by atoms with van der Waals surface area (Å²) >= 11 is 0. The molecule has 0 aromatic heterocycles. The summed E-state index contributed by atoms with van der Waals surface area (Å²) in [5, 5.41) is 0. The second-order valence-electron chi connectivity index (χ2n) is 6.86. The first-order chi connectivity index (χ1) is 10.2. The molecule has 2 rings (SSSR count). The molecule has 0 saturated carbocycles. The highest BCUT2D eigenvalue weighted by molar-refractivity contribution is 5.85. The lowest BCUT2D eigenvalue weighted by atomic mass is 9.91. The Morgan fingerprint density at radius 3 is 2.45 bits per heavy atom. The van der Waals surface area contributed by atoms with Gasteiger partial charge in [0.05, 0.1) is 13.0 Å². The molecular weight excluding hydrogens is 288 g/mol. The molecule has 2 heterocycles. The first-order valence-electron chi connectivity index (χ1n) is 7.56. The minimum absolute atomic E-state index is 0.000689. The quantitative estimate of drug-likeness (QED) is 0.676. The van der Waals surface area contributed by atoms with E-state index in [4.69, 9.17) is 9.47 Å². The highest BCUT2D eigenvalue weighted by Gasteiger charge is 2.41. The van der Waals surface area contributed by atoms with Gasteiger partial charge in [-0.2, -0.15) is 0 Å². The van der Waals surface area contributed by atoms with Crippen molar-refractivity contribution in [2.24, 2.45) is 5.92 Å². The van der Waals surface area contributed by atoms with Crippen LogP contribution in [0.5, 0.6) is 0 Å². The SMILES string of the molecule is COC(=O)[C@@H]1CC[C@H]2CN(C(=O)OC(C)(C)C)CC(=O)N2C1. The van der Waals surface area contributed by atoms with Crippen LogP contribution in [0.25, 0.3) is 0 Å². The molecule has 0 spiro atoms. The van der Waals surface area contributed by atoms with Gasteiger partial charge in [-0.05, 0) is 33.6 Å². The maximum Gasteiger partial charge on any atom is 0.410 e. The average Bonchev–Trinajstić information content (AvgIpc) is 2.44. The number of fused-ring (bicyclic) bond motifs is 1. The summed E-state index contributed by atoms with van der Waals surface area (Å²) in [6, 6.07) is -0.0466. The summed E-state index contributed by atoms with van der Waals surface area (Å²) in [5.74, 6) is -0.685. The van der Waals surface area contributed by atoms with Gasteiger partial charge in [0, 0.05) is 19.1 Å². The van der Waals surface area contributed by atoms with Crippen LogP contribution in [0.4, 0.5) is 4.79 Å².